The van der Waals surface area contributed by atoms with E-state index in [4.69, 9.17) is 0 Å². The molecular formula is C11H8FN3O. The molecule has 5 heteroatoms. The number of amides is 1. The van der Waals surface area contributed by atoms with Crippen LogP contribution < -0.4 is 5.32 Å². The van der Waals surface area contributed by atoms with Crippen molar-refractivity contribution < 1.29 is 9.18 Å². The molecule has 0 fully saturated rings. The van der Waals surface area contributed by atoms with Crippen LogP contribution in [0.5, 0.6) is 0 Å². The number of nitrogens with one attached hydrogen (secondary N) is 1. The van der Waals surface area contributed by atoms with E-state index in [9.17, 15) is 9.18 Å². The quantitative estimate of drug-likeness (QED) is 0.781. The molecule has 2 rings (SSSR count). The van der Waals surface area contributed by atoms with Gasteiger partial charge in [-0.1, -0.05) is 6.07 Å². The Labute approximate surface area is 91.2 Å². The first-order valence-corrected chi connectivity index (χ1v) is 4.59. The van der Waals surface area contributed by atoms with Gasteiger partial charge in [0.2, 0.25) is 5.95 Å². The zero-order chi connectivity index (χ0) is 11.4. The summed E-state index contributed by atoms with van der Waals surface area (Å²) in [5, 5.41) is 2.55. The Bertz CT molecular complexity index is 484. The lowest BCUT2D eigenvalue weighted by Crippen LogP contribution is -2.13. The van der Waals surface area contributed by atoms with Gasteiger partial charge in [0.15, 0.2) is 0 Å². The van der Waals surface area contributed by atoms with Crippen molar-refractivity contribution in [1.29, 1.82) is 0 Å². The molecule has 0 aromatic carbocycles. The molecule has 2 aromatic rings. The van der Waals surface area contributed by atoms with E-state index in [1.54, 1.807) is 18.2 Å². The Balaban J connectivity index is 2.11. The van der Waals surface area contributed by atoms with Crippen LogP contribution in [0.15, 0.2) is 42.7 Å². The summed E-state index contributed by atoms with van der Waals surface area (Å²) in [6.45, 7) is 0. The van der Waals surface area contributed by atoms with Crippen LogP contribution >= 0.6 is 0 Å². The smallest absolute Gasteiger partial charge is 0.274 e. The average molecular weight is 217 g/mol. The molecule has 0 aliphatic heterocycles. The van der Waals surface area contributed by atoms with Crippen LogP contribution in [-0.2, 0) is 0 Å². The number of nitrogens with zero attached hydrogens (tertiary/aromatic N) is 2. The predicted molar refractivity (Wildman–Crippen MR) is 56.4 cm³/mol. The molecule has 0 saturated carbocycles. The molecular weight excluding hydrogens is 209 g/mol. The van der Waals surface area contributed by atoms with Gasteiger partial charge in [-0.25, -0.2) is 4.98 Å². The minimum Gasteiger partial charge on any atom is -0.319 e. The van der Waals surface area contributed by atoms with E-state index >= 15 is 0 Å². The number of carbonyl (C=O) groups is 1. The van der Waals surface area contributed by atoms with Gasteiger partial charge in [-0.2, -0.15) is 4.39 Å². The fourth-order valence-corrected chi connectivity index (χ4v) is 1.14. The summed E-state index contributed by atoms with van der Waals surface area (Å²) < 4.78 is 12.5. The summed E-state index contributed by atoms with van der Waals surface area (Å²) in [7, 11) is 0. The van der Waals surface area contributed by atoms with E-state index in [1.165, 1.54) is 24.5 Å². The standard InChI is InChI=1S/C11H8FN3O/c12-10-5-4-8(7-14-10)15-11(16)9-3-1-2-6-13-9/h1-7H,(H,15,16). The van der Waals surface area contributed by atoms with Crippen molar-refractivity contribution in [2.24, 2.45) is 0 Å². The molecule has 16 heavy (non-hydrogen) atoms. The van der Waals surface area contributed by atoms with Crippen LogP contribution in [0.4, 0.5) is 10.1 Å². The average Bonchev–Trinajstić information content (AvgIpc) is 2.33. The fourth-order valence-electron chi connectivity index (χ4n) is 1.14. The number of pyridine rings is 2. The van der Waals surface area contributed by atoms with E-state index in [0.29, 0.717) is 11.4 Å². The molecule has 4 nitrogen and oxygen atoms in total. The molecule has 0 spiro atoms. The summed E-state index contributed by atoms with van der Waals surface area (Å²) in [4.78, 5) is 18.9. The summed E-state index contributed by atoms with van der Waals surface area (Å²) >= 11 is 0. The second kappa shape index (κ2) is 4.48. The molecule has 0 unspecified atom stereocenters. The first kappa shape index (κ1) is 10.2. The Morgan fingerprint density at radius 1 is 1.19 bits per heavy atom. The SMILES string of the molecule is O=C(Nc1ccc(F)nc1)c1ccccn1. The summed E-state index contributed by atoms with van der Waals surface area (Å²) in [6.07, 6.45) is 2.77. The van der Waals surface area contributed by atoms with Crippen molar-refractivity contribution in [3.8, 4) is 0 Å². The number of aromatic nitrogens is 2. The van der Waals surface area contributed by atoms with Gasteiger partial charge in [-0.3, -0.25) is 9.78 Å². The monoisotopic (exact) mass is 217 g/mol. The third-order valence-corrected chi connectivity index (χ3v) is 1.88. The number of carbonyl (C=O) groups excluding carboxylic acids is 1. The van der Waals surface area contributed by atoms with Gasteiger partial charge in [0, 0.05) is 6.20 Å². The van der Waals surface area contributed by atoms with Gasteiger partial charge < -0.3 is 5.32 Å². The van der Waals surface area contributed by atoms with Crippen LogP contribution in [0, 0.1) is 5.95 Å². The Kier molecular flexibility index (Phi) is 2.86. The number of hydrogen-bond donors (Lipinski definition) is 1. The number of anilines is 1. The fraction of sp³-hybridized carbons (Fsp3) is 0. The number of rotatable bonds is 2. The van der Waals surface area contributed by atoms with Gasteiger partial charge >= 0.3 is 0 Å². The highest BCUT2D eigenvalue weighted by molar-refractivity contribution is 6.02. The Morgan fingerprint density at radius 3 is 2.69 bits per heavy atom. The van der Waals surface area contributed by atoms with E-state index in [1.807, 2.05) is 0 Å². The van der Waals surface area contributed by atoms with Gasteiger partial charge in [-0.05, 0) is 24.3 Å². The van der Waals surface area contributed by atoms with Crippen molar-refractivity contribution in [2.45, 2.75) is 0 Å². The van der Waals surface area contributed by atoms with E-state index < -0.39 is 5.95 Å². The molecule has 2 aromatic heterocycles. The number of halogens is 1. The second-order valence-corrected chi connectivity index (χ2v) is 3.04. The molecule has 1 N–H and O–H groups in total. The summed E-state index contributed by atoms with van der Waals surface area (Å²) in [5.74, 6) is -0.940. The highest BCUT2D eigenvalue weighted by Crippen LogP contribution is 2.06. The second-order valence-electron chi connectivity index (χ2n) is 3.04. The summed E-state index contributed by atoms with van der Waals surface area (Å²) in [6, 6.07) is 7.63. The zero-order valence-corrected chi connectivity index (χ0v) is 8.22. The van der Waals surface area contributed by atoms with Crippen LogP contribution in [-0.4, -0.2) is 15.9 Å². The molecule has 0 aliphatic rings. The molecule has 0 atom stereocenters. The van der Waals surface area contributed by atoms with Crippen LogP contribution in [0.25, 0.3) is 0 Å². The van der Waals surface area contributed by atoms with Crippen molar-refractivity contribution in [3.63, 3.8) is 0 Å². The Hall–Kier alpha value is -2.30. The lowest BCUT2D eigenvalue weighted by Gasteiger charge is -2.03. The molecule has 0 bridgehead atoms. The lowest BCUT2D eigenvalue weighted by atomic mass is 10.3. The molecule has 80 valence electrons. The van der Waals surface area contributed by atoms with Crippen molar-refractivity contribution in [2.75, 3.05) is 5.32 Å². The van der Waals surface area contributed by atoms with Crippen molar-refractivity contribution >= 4 is 11.6 Å². The van der Waals surface area contributed by atoms with Gasteiger partial charge in [0.25, 0.3) is 5.91 Å². The minimum atomic E-state index is -0.587. The Morgan fingerprint density at radius 2 is 2.06 bits per heavy atom. The minimum absolute atomic E-state index is 0.298. The van der Waals surface area contributed by atoms with Gasteiger partial charge in [-0.15, -0.1) is 0 Å². The maximum absolute atomic E-state index is 12.5. The first-order chi connectivity index (χ1) is 7.75. The third-order valence-electron chi connectivity index (χ3n) is 1.88. The predicted octanol–water partition coefficient (Wildman–Crippen LogP) is 1.87. The van der Waals surface area contributed by atoms with Crippen LogP contribution in [0.3, 0.4) is 0 Å². The van der Waals surface area contributed by atoms with Gasteiger partial charge in [0.05, 0.1) is 11.9 Å². The van der Waals surface area contributed by atoms with Crippen LogP contribution in [0.2, 0.25) is 0 Å². The lowest BCUT2D eigenvalue weighted by molar-refractivity contribution is 0.102. The highest BCUT2D eigenvalue weighted by atomic mass is 19.1. The molecule has 0 radical (unpaired) electrons. The maximum Gasteiger partial charge on any atom is 0.274 e. The van der Waals surface area contributed by atoms with E-state index in [2.05, 4.69) is 15.3 Å². The third kappa shape index (κ3) is 2.38. The summed E-state index contributed by atoms with van der Waals surface area (Å²) in [5.41, 5.74) is 0.726. The molecule has 1 amide bonds. The normalized spacial score (nSPS) is 9.81. The van der Waals surface area contributed by atoms with E-state index in [-0.39, 0.29) is 5.91 Å². The zero-order valence-electron chi connectivity index (χ0n) is 8.22. The highest BCUT2D eigenvalue weighted by Gasteiger charge is 2.06. The molecule has 2 heterocycles. The van der Waals surface area contributed by atoms with Crippen molar-refractivity contribution in [1.82, 2.24) is 9.97 Å². The molecule has 0 aliphatic carbocycles. The number of hydrogen-bond acceptors (Lipinski definition) is 3. The molecule has 0 saturated heterocycles. The van der Waals surface area contributed by atoms with Crippen molar-refractivity contribution in [3.05, 3.63) is 54.4 Å². The van der Waals surface area contributed by atoms with E-state index in [0.717, 1.165) is 0 Å². The first-order valence-electron chi connectivity index (χ1n) is 4.59. The maximum atomic E-state index is 12.5. The van der Waals surface area contributed by atoms with Crippen LogP contribution in [0.1, 0.15) is 10.5 Å². The largest absolute Gasteiger partial charge is 0.319 e. The topological polar surface area (TPSA) is 54.9 Å². The van der Waals surface area contributed by atoms with Gasteiger partial charge in [0.1, 0.15) is 5.69 Å².